The van der Waals surface area contributed by atoms with Gasteiger partial charge in [-0.15, -0.1) is 11.3 Å². The molecule has 28 heavy (non-hydrogen) atoms. The van der Waals surface area contributed by atoms with Crippen LogP contribution in [0.3, 0.4) is 0 Å². The fourth-order valence-corrected chi connectivity index (χ4v) is 3.69. The Balaban J connectivity index is 1.41. The molecule has 4 nitrogen and oxygen atoms in total. The van der Waals surface area contributed by atoms with Gasteiger partial charge >= 0.3 is 0 Å². The lowest BCUT2D eigenvalue weighted by Gasteiger charge is -2.10. The van der Waals surface area contributed by atoms with Gasteiger partial charge in [0.1, 0.15) is 5.75 Å². The molecule has 1 heterocycles. The van der Waals surface area contributed by atoms with Crippen LogP contribution in [0.4, 0.5) is 0 Å². The van der Waals surface area contributed by atoms with Gasteiger partial charge in [-0.05, 0) is 43.5 Å². The van der Waals surface area contributed by atoms with E-state index in [0.717, 1.165) is 29.3 Å². The number of hydrogen-bond donors (Lipinski definition) is 1. The third-order valence-corrected chi connectivity index (χ3v) is 5.07. The van der Waals surface area contributed by atoms with Crippen LogP contribution in [0, 0.1) is 0 Å². The number of nitrogens with one attached hydrogen (secondary N) is 1. The summed E-state index contributed by atoms with van der Waals surface area (Å²) in [6, 6.07) is 18.3. The summed E-state index contributed by atoms with van der Waals surface area (Å²) in [6.45, 7) is 4.64. The summed E-state index contributed by atoms with van der Waals surface area (Å²) < 4.78 is 5.64. The Morgan fingerprint density at radius 1 is 1.07 bits per heavy atom. The SMILES string of the molecule is CC(C)Oc1ccc(CCNC(=O)Cc2csc(Cc3ccccc3)n2)cc1. The molecular formula is C23H26N2O2S. The standard InChI is InChI=1S/C23H26N2O2S/c1-17(2)27-21-10-8-18(9-11-21)12-13-24-22(26)15-20-16-28-23(25-20)14-19-6-4-3-5-7-19/h3-11,16-17H,12-15H2,1-2H3,(H,24,26). The van der Waals surface area contributed by atoms with Gasteiger partial charge in [0.05, 0.1) is 23.2 Å². The van der Waals surface area contributed by atoms with Gasteiger partial charge in [0, 0.05) is 18.3 Å². The van der Waals surface area contributed by atoms with Crippen LogP contribution in [0.1, 0.15) is 35.7 Å². The number of carbonyl (C=O) groups is 1. The summed E-state index contributed by atoms with van der Waals surface area (Å²) in [5.74, 6) is 0.883. The summed E-state index contributed by atoms with van der Waals surface area (Å²) in [6.07, 6.45) is 2.10. The fraction of sp³-hybridized carbons (Fsp3) is 0.304. The van der Waals surface area contributed by atoms with E-state index in [1.807, 2.05) is 61.7 Å². The maximum absolute atomic E-state index is 12.2. The van der Waals surface area contributed by atoms with Crippen LogP contribution in [-0.4, -0.2) is 23.5 Å². The van der Waals surface area contributed by atoms with Crippen LogP contribution in [0.5, 0.6) is 5.75 Å². The van der Waals surface area contributed by atoms with Gasteiger partial charge in [-0.3, -0.25) is 4.79 Å². The number of ether oxygens (including phenoxy) is 1. The highest BCUT2D eigenvalue weighted by Crippen LogP contribution is 2.16. The van der Waals surface area contributed by atoms with Crippen LogP contribution in [0.25, 0.3) is 0 Å². The Kier molecular flexibility index (Phi) is 7.20. The fourth-order valence-electron chi connectivity index (χ4n) is 2.86. The molecule has 0 aliphatic heterocycles. The van der Waals surface area contributed by atoms with E-state index in [0.29, 0.717) is 13.0 Å². The van der Waals surface area contributed by atoms with Gasteiger partial charge in [0.15, 0.2) is 0 Å². The lowest BCUT2D eigenvalue weighted by molar-refractivity contribution is -0.120. The second-order valence-corrected chi connectivity index (χ2v) is 7.92. The smallest absolute Gasteiger partial charge is 0.226 e. The lowest BCUT2D eigenvalue weighted by Crippen LogP contribution is -2.27. The average molecular weight is 395 g/mol. The van der Waals surface area contributed by atoms with Gasteiger partial charge in [0.2, 0.25) is 5.91 Å². The Labute approximate surface area is 170 Å². The first-order valence-electron chi connectivity index (χ1n) is 9.58. The number of rotatable bonds is 9. The molecule has 1 amide bonds. The first kappa shape index (κ1) is 20.1. The monoisotopic (exact) mass is 394 g/mol. The summed E-state index contributed by atoms with van der Waals surface area (Å²) in [4.78, 5) is 16.8. The Morgan fingerprint density at radius 3 is 2.54 bits per heavy atom. The topological polar surface area (TPSA) is 51.2 Å². The minimum Gasteiger partial charge on any atom is -0.491 e. The summed E-state index contributed by atoms with van der Waals surface area (Å²) in [7, 11) is 0. The summed E-state index contributed by atoms with van der Waals surface area (Å²) >= 11 is 1.61. The van der Waals surface area contributed by atoms with Crippen molar-refractivity contribution in [3.05, 3.63) is 81.8 Å². The van der Waals surface area contributed by atoms with E-state index in [1.54, 1.807) is 11.3 Å². The van der Waals surface area contributed by atoms with Crippen LogP contribution in [0.15, 0.2) is 60.0 Å². The van der Waals surface area contributed by atoms with Crippen molar-refractivity contribution in [1.82, 2.24) is 10.3 Å². The van der Waals surface area contributed by atoms with Gasteiger partial charge in [0.25, 0.3) is 0 Å². The van der Waals surface area contributed by atoms with E-state index < -0.39 is 0 Å². The maximum atomic E-state index is 12.2. The zero-order chi connectivity index (χ0) is 19.8. The number of hydrogen-bond acceptors (Lipinski definition) is 4. The predicted octanol–water partition coefficient (Wildman–Crippen LogP) is 4.42. The van der Waals surface area contributed by atoms with Crippen molar-refractivity contribution in [1.29, 1.82) is 0 Å². The number of thiazole rings is 1. The van der Waals surface area contributed by atoms with Crippen molar-refractivity contribution < 1.29 is 9.53 Å². The second-order valence-electron chi connectivity index (χ2n) is 6.98. The normalized spacial score (nSPS) is 10.8. The van der Waals surface area contributed by atoms with Crippen LogP contribution in [-0.2, 0) is 24.1 Å². The predicted molar refractivity (Wildman–Crippen MR) is 114 cm³/mol. The van der Waals surface area contributed by atoms with Crippen molar-refractivity contribution in [3.63, 3.8) is 0 Å². The van der Waals surface area contributed by atoms with E-state index in [-0.39, 0.29) is 12.0 Å². The van der Waals surface area contributed by atoms with Crippen molar-refractivity contribution in [3.8, 4) is 5.75 Å². The van der Waals surface area contributed by atoms with Crippen LogP contribution in [0.2, 0.25) is 0 Å². The van der Waals surface area contributed by atoms with Gasteiger partial charge in [-0.25, -0.2) is 4.98 Å². The number of amides is 1. The molecule has 3 rings (SSSR count). The van der Waals surface area contributed by atoms with E-state index in [1.165, 1.54) is 11.1 Å². The molecule has 0 bridgehead atoms. The second kappa shape index (κ2) is 10.0. The van der Waals surface area contributed by atoms with E-state index in [4.69, 9.17) is 4.74 Å². The highest BCUT2D eigenvalue weighted by Gasteiger charge is 2.08. The van der Waals surface area contributed by atoms with Crippen molar-refractivity contribution in [2.45, 2.75) is 39.2 Å². The van der Waals surface area contributed by atoms with Gasteiger partial charge in [-0.2, -0.15) is 0 Å². The third kappa shape index (κ3) is 6.50. The molecule has 0 radical (unpaired) electrons. The molecule has 0 aliphatic carbocycles. The Hall–Kier alpha value is -2.66. The zero-order valence-corrected chi connectivity index (χ0v) is 17.2. The Bertz CT molecular complexity index is 873. The molecule has 0 atom stereocenters. The zero-order valence-electron chi connectivity index (χ0n) is 16.4. The molecule has 0 saturated heterocycles. The van der Waals surface area contributed by atoms with Crippen molar-refractivity contribution >= 4 is 17.2 Å². The highest BCUT2D eigenvalue weighted by molar-refractivity contribution is 7.09. The molecule has 3 aromatic rings. The minimum atomic E-state index is 0.0105. The van der Waals surface area contributed by atoms with Gasteiger partial charge < -0.3 is 10.1 Å². The molecule has 146 valence electrons. The average Bonchev–Trinajstić information content (AvgIpc) is 3.10. The van der Waals surface area contributed by atoms with E-state index >= 15 is 0 Å². The number of benzene rings is 2. The first-order valence-corrected chi connectivity index (χ1v) is 10.5. The van der Waals surface area contributed by atoms with Gasteiger partial charge in [-0.1, -0.05) is 42.5 Å². The maximum Gasteiger partial charge on any atom is 0.226 e. The molecule has 0 saturated carbocycles. The number of carbonyl (C=O) groups excluding carboxylic acids is 1. The molecule has 2 aromatic carbocycles. The molecule has 0 unspecified atom stereocenters. The number of aromatic nitrogens is 1. The van der Waals surface area contributed by atoms with Crippen molar-refractivity contribution in [2.24, 2.45) is 0 Å². The quantitative estimate of drug-likeness (QED) is 0.584. The van der Waals surface area contributed by atoms with Crippen molar-refractivity contribution in [2.75, 3.05) is 6.54 Å². The van der Waals surface area contributed by atoms with Crippen LogP contribution < -0.4 is 10.1 Å². The third-order valence-electron chi connectivity index (χ3n) is 4.17. The molecule has 0 spiro atoms. The molecule has 0 aliphatic rings. The molecule has 1 N–H and O–H groups in total. The van der Waals surface area contributed by atoms with Crippen LogP contribution >= 0.6 is 11.3 Å². The largest absolute Gasteiger partial charge is 0.491 e. The van der Waals surface area contributed by atoms with E-state index in [9.17, 15) is 4.79 Å². The molecular weight excluding hydrogens is 368 g/mol. The first-order chi connectivity index (χ1) is 13.6. The summed E-state index contributed by atoms with van der Waals surface area (Å²) in [5, 5.41) is 6.00. The van der Waals surface area contributed by atoms with E-state index in [2.05, 4.69) is 22.4 Å². The minimum absolute atomic E-state index is 0.0105. The lowest BCUT2D eigenvalue weighted by atomic mass is 10.1. The number of nitrogens with zero attached hydrogens (tertiary/aromatic N) is 1. The molecule has 0 fully saturated rings. The molecule has 5 heteroatoms. The Morgan fingerprint density at radius 2 is 1.82 bits per heavy atom. The molecule has 1 aromatic heterocycles. The summed E-state index contributed by atoms with van der Waals surface area (Å²) in [5.41, 5.74) is 3.25. The highest BCUT2D eigenvalue weighted by atomic mass is 32.1.